The summed E-state index contributed by atoms with van der Waals surface area (Å²) in [4.78, 5) is 13.1. The quantitative estimate of drug-likeness (QED) is 0.352. The van der Waals surface area contributed by atoms with Crippen LogP contribution in [0.2, 0.25) is 0 Å². The van der Waals surface area contributed by atoms with Crippen molar-refractivity contribution < 1.29 is 14.7 Å². The van der Waals surface area contributed by atoms with Crippen LogP contribution in [0.5, 0.6) is 5.75 Å². The second-order valence-electron chi connectivity index (χ2n) is 5.22. The van der Waals surface area contributed by atoms with E-state index in [9.17, 15) is 4.79 Å². The molecule has 0 atom stereocenters. The Morgan fingerprint density at radius 3 is 2.64 bits per heavy atom. The predicted molar refractivity (Wildman–Crippen MR) is 103 cm³/mol. The van der Waals surface area contributed by atoms with E-state index in [2.05, 4.69) is 5.32 Å². The molecule has 0 aliphatic heterocycles. The van der Waals surface area contributed by atoms with E-state index in [1.54, 1.807) is 24.3 Å². The normalized spacial score (nSPS) is 10.4. The molecule has 25 heavy (non-hydrogen) atoms. The van der Waals surface area contributed by atoms with Crippen LogP contribution in [0.15, 0.2) is 54.6 Å². The third kappa shape index (κ3) is 4.33. The molecule has 0 saturated carbocycles. The minimum Gasteiger partial charge on any atom is -0.492 e. The van der Waals surface area contributed by atoms with Gasteiger partial charge in [-0.2, -0.15) is 0 Å². The molecule has 0 saturated heterocycles. The molecular weight excluding hydrogens is 356 g/mol. The van der Waals surface area contributed by atoms with Crippen LogP contribution in [0.4, 0.5) is 0 Å². The first kappa shape index (κ1) is 17.3. The number of rotatable bonds is 6. The molecular formula is C18H16N2O3S2. The smallest absolute Gasteiger partial charge is 0.261 e. The highest BCUT2D eigenvalue weighted by molar-refractivity contribution is 7.80. The van der Waals surface area contributed by atoms with Crippen molar-refractivity contribution in [2.75, 3.05) is 13.2 Å². The second-order valence-corrected chi connectivity index (χ2v) is 6.71. The van der Waals surface area contributed by atoms with Crippen molar-refractivity contribution in [1.82, 2.24) is 10.8 Å². The fourth-order valence-corrected chi connectivity index (χ4v) is 3.40. The molecule has 128 valence electrons. The van der Waals surface area contributed by atoms with Crippen LogP contribution in [0.25, 0.3) is 10.1 Å². The summed E-state index contributed by atoms with van der Waals surface area (Å²) in [6, 6.07) is 16.8. The number of hydrogen-bond acceptors (Lipinski definition) is 5. The van der Waals surface area contributed by atoms with Gasteiger partial charge < -0.3 is 10.1 Å². The summed E-state index contributed by atoms with van der Waals surface area (Å²) in [7, 11) is 0. The summed E-state index contributed by atoms with van der Waals surface area (Å²) in [5.41, 5.74) is 2.63. The molecule has 3 rings (SSSR count). The number of fused-ring (bicyclic) bond motifs is 1. The summed E-state index contributed by atoms with van der Waals surface area (Å²) >= 11 is 6.40. The van der Waals surface area contributed by atoms with Crippen molar-refractivity contribution in [2.24, 2.45) is 0 Å². The number of thiophene rings is 1. The molecule has 3 aromatic rings. The van der Waals surface area contributed by atoms with E-state index in [1.807, 2.05) is 35.8 Å². The van der Waals surface area contributed by atoms with Gasteiger partial charge in [0.25, 0.3) is 5.91 Å². The van der Waals surface area contributed by atoms with E-state index in [0.717, 1.165) is 10.1 Å². The number of hydroxylamine groups is 1. The summed E-state index contributed by atoms with van der Waals surface area (Å²) < 4.78 is 6.68. The molecule has 0 radical (unpaired) electrons. The maximum Gasteiger partial charge on any atom is 0.261 e. The summed E-state index contributed by atoms with van der Waals surface area (Å²) in [5.74, 6) is 0.570. The predicted octanol–water partition coefficient (Wildman–Crippen LogP) is 3.36. The van der Waals surface area contributed by atoms with Crippen LogP contribution in [0, 0.1) is 0 Å². The second kappa shape index (κ2) is 8.06. The highest BCUT2D eigenvalue weighted by atomic mass is 32.1. The summed E-state index contributed by atoms with van der Waals surface area (Å²) in [6.07, 6.45) is 0. The molecule has 1 amide bonds. The molecule has 0 unspecified atom stereocenters. The molecule has 0 spiro atoms. The van der Waals surface area contributed by atoms with Gasteiger partial charge in [0.1, 0.15) is 17.3 Å². The average Bonchev–Trinajstić information content (AvgIpc) is 3.09. The number of nitrogens with one attached hydrogen (secondary N) is 2. The number of thiocarbonyl (C=S) groups is 1. The van der Waals surface area contributed by atoms with Gasteiger partial charge in [-0.1, -0.05) is 30.4 Å². The van der Waals surface area contributed by atoms with Gasteiger partial charge in [0.15, 0.2) is 0 Å². The van der Waals surface area contributed by atoms with Crippen molar-refractivity contribution in [3.8, 4) is 5.75 Å². The molecule has 7 heteroatoms. The van der Waals surface area contributed by atoms with E-state index < -0.39 is 0 Å². The highest BCUT2D eigenvalue weighted by Gasteiger charge is 2.09. The lowest BCUT2D eigenvalue weighted by Crippen LogP contribution is -2.27. The first-order valence-electron chi connectivity index (χ1n) is 7.61. The molecule has 1 aromatic heterocycles. The Bertz CT molecular complexity index is 858. The van der Waals surface area contributed by atoms with Crippen LogP contribution < -0.4 is 15.5 Å². The van der Waals surface area contributed by atoms with Gasteiger partial charge in [0.05, 0.1) is 11.4 Å². The molecule has 0 aliphatic rings. The van der Waals surface area contributed by atoms with E-state index in [0.29, 0.717) is 29.3 Å². The molecule has 1 heterocycles. The third-order valence-corrected chi connectivity index (χ3v) is 4.97. The Kier molecular flexibility index (Phi) is 5.60. The van der Waals surface area contributed by atoms with Gasteiger partial charge >= 0.3 is 0 Å². The fourth-order valence-electron chi connectivity index (χ4n) is 2.28. The minimum atomic E-state index is -0.0977. The zero-order chi connectivity index (χ0) is 17.6. The summed E-state index contributed by atoms with van der Waals surface area (Å²) in [5, 5.41) is 12.7. The maximum absolute atomic E-state index is 12.2. The van der Waals surface area contributed by atoms with E-state index in [4.69, 9.17) is 22.2 Å². The number of carbonyl (C=O) groups excluding carboxylic acids is 1. The molecule has 3 N–H and O–H groups in total. The zero-order valence-corrected chi connectivity index (χ0v) is 14.8. The Morgan fingerprint density at radius 1 is 1.16 bits per heavy atom. The maximum atomic E-state index is 12.2. The number of amides is 1. The van der Waals surface area contributed by atoms with E-state index in [-0.39, 0.29) is 10.9 Å². The van der Waals surface area contributed by atoms with Crippen molar-refractivity contribution in [2.45, 2.75) is 0 Å². The van der Waals surface area contributed by atoms with Crippen LogP contribution in [-0.4, -0.2) is 29.3 Å². The molecule has 0 fully saturated rings. The van der Waals surface area contributed by atoms with Gasteiger partial charge in [-0.25, -0.2) is 0 Å². The largest absolute Gasteiger partial charge is 0.492 e. The number of hydrogen-bond donors (Lipinski definition) is 3. The number of carbonyl (C=O) groups is 1. The lowest BCUT2D eigenvalue weighted by Gasteiger charge is -2.08. The Hall–Kier alpha value is -2.48. The standard InChI is InChI=1S/C18H16N2O3S2/c21-17(16-11-13-3-1-2-4-15(13)25-16)19-9-10-23-14-7-5-12(6-8-14)18(24)20-22/h1-8,11,22H,9-10H2,(H,19,21)(H,20,24). The fraction of sp³-hybridized carbons (Fsp3) is 0.111. The van der Waals surface area contributed by atoms with E-state index >= 15 is 0 Å². The van der Waals surface area contributed by atoms with E-state index in [1.165, 1.54) is 11.3 Å². The van der Waals surface area contributed by atoms with Crippen LogP contribution in [0.1, 0.15) is 15.2 Å². The van der Waals surface area contributed by atoms with Crippen LogP contribution in [-0.2, 0) is 0 Å². The van der Waals surface area contributed by atoms with Gasteiger partial charge in [0.2, 0.25) is 0 Å². The van der Waals surface area contributed by atoms with Crippen LogP contribution in [0.3, 0.4) is 0 Å². The lowest BCUT2D eigenvalue weighted by molar-refractivity contribution is 0.0951. The Balaban J connectivity index is 1.47. The van der Waals surface area contributed by atoms with Gasteiger partial charge in [-0.05, 0) is 41.8 Å². The molecule has 2 aromatic carbocycles. The van der Waals surface area contributed by atoms with Crippen molar-refractivity contribution >= 4 is 44.5 Å². The van der Waals surface area contributed by atoms with Gasteiger partial charge in [-0.15, -0.1) is 11.3 Å². The van der Waals surface area contributed by atoms with Crippen molar-refractivity contribution in [1.29, 1.82) is 0 Å². The summed E-state index contributed by atoms with van der Waals surface area (Å²) in [6.45, 7) is 0.768. The number of benzene rings is 2. The number of ether oxygens (including phenoxy) is 1. The van der Waals surface area contributed by atoms with Gasteiger partial charge in [0, 0.05) is 10.3 Å². The SMILES string of the molecule is O=C(NCCOc1ccc(C(=S)NO)cc1)c1cc2ccccc2s1. The highest BCUT2D eigenvalue weighted by Crippen LogP contribution is 2.24. The molecule has 0 bridgehead atoms. The van der Waals surface area contributed by atoms with Crippen LogP contribution >= 0.6 is 23.6 Å². The third-order valence-electron chi connectivity index (χ3n) is 3.52. The Labute approximate surface area is 154 Å². The molecule has 0 aliphatic carbocycles. The minimum absolute atomic E-state index is 0.0977. The molecule has 5 nitrogen and oxygen atoms in total. The first-order chi connectivity index (χ1) is 12.2. The lowest BCUT2D eigenvalue weighted by atomic mass is 10.2. The topological polar surface area (TPSA) is 70.6 Å². The average molecular weight is 372 g/mol. The van der Waals surface area contributed by atoms with Gasteiger partial charge in [-0.3, -0.25) is 15.5 Å². The Morgan fingerprint density at radius 2 is 1.92 bits per heavy atom. The monoisotopic (exact) mass is 372 g/mol. The zero-order valence-electron chi connectivity index (χ0n) is 13.2. The first-order valence-corrected chi connectivity index (χ1v) is 8.84. The van der Waals surface area contributed by atoms with Crippen molar-refractivity contribution in [3.63, 3.8) is 0 Å². The van der Waals surface area contributed by atoms with Crippen molar-refractivity contribution in [3.05, 3.63) is 65.0 Å².